The van der Waals surface area contributed by atoms with Crippen LogP contribution in [0.3, 0.4) is 0 Å². The number of hydrogen-bond acceptors (Lipinski definition) is 6. The van der Waals surface area contributed by atoms with Gasteiger partial charge in [0.15, 0.2) is 16.6 Å². The van der Waals surface area contributed by atoms with Crippen molar-refractivity contribution in [2.45, 2.75) is 13.5 Å². The first kappa shape index (κ1) is 15.2. The summed E-state index contributed by atoms with van der Waals surface area (Å²) in [4.78, 5) is 23.9. The van der Waals surface area contributed by atoms with Gasteiger partial charge in [-0.3, -0.25) is 4.79 Å². The number of imidazole rings is 1. The molecule has 0 aliphatic heterocycles. The van der Waals surface area contributed by atoms with Gasteiger partial charge in [-0.25, -0.2) is 4.98 Å². The Morgan fingerprint density at radius 1 is 1.39 bits per heavy atom. The monoisotopic (exact) mass is 331 g/mol. The van der Waals surface area contributed by atoms with Crippen LogP contribution in [-0.2, 0) is 6.54 Å². The number of rotatable bonds is 4. The molecule has 0 saturated carbocycles. The Kier molecular flexibility index (Phi) is 3.87. The van der Waals surface area contributed by atoms with E-state index in [4.69, 9.17) is 22.1 Å². The Bertz CT molecular complexity index is 906. The maximum absolute atomic E-state index is 11.6. The lowest BCUT2D eigenvalue weighted by atomic mass is 10.1. The molecule has 0 spiro atoms. The number of aromatic nitrogens is 4. The minimum atomic E-state index is -0.0148. The average molecular weight is 332 g/mol. The molecule has 8 heteroatoms. The molecular formula is C15H14ClN5O2. The number of anilines is 1. The molecule has 0 amide bonds. The van der Waals surface area contributed by atoms with Crippen LogP contribution < -0.4 is 10.5 Å². The van der Waals surface area contributed by atoms with Crippen molar-refractivity contribution in [1.82, 2.24) is 19.5 Å². The second-order valence-electron chi connectivity index (χ2n) is 5.00. The molecule has 1 aromatic carbocycles. The molecule has 3 aromatic rings. The summed E-state index contributed by atoms with van der Waals surface area (Å²) < 4.78 is 7.14. The number of ketones is 1. The van der Waals surface area contributed by atoms with Gasteiger partial charge in [-0.2, -0.15) is 9.97 Å². The Balaban J connectivity index is 2.08. The second kappa shape index (κ2) is 5.85. The molecule has 0 atom stereocenters. The van der Waals surface area contributed by atoms with Crippen molar-refractivity contribution in [1.29, 1.82) is 0 Å². The van der Waals surface area contributed by atoms with Crippen molar-refractivity contribution in [3.8, 4) is 5.75 Å². The Morgan fingerprint density at radius 3 is 2.87 bits per heavy atom. The summed E-state index contributed by atoms with van der Waals surface area (Å²) in [5.41, 5.74) is 8.08. The van der Waals surface area contributed by atoms with Gasteiger partial charge in [0.2, 0.25) is 5.95 Å². The van der Waals surface area contributed by atoms with Gasteiger partial charge in [-0.1, -0.05) is 11.6 Å². The number of methoxy groups -OCH3 is 1. The van der Waals surface area contributed by atoms with E-state index in [1.807, 2.05) is 0 Å². The highest BCUT2D eigenvalue weighted by molar-refractivity contribution is 6.33. The van der Waals surface area contributed by atoms with Crippen molar-refractivity contribution >= 4 is 34.5 Å². The van der Waals surface area contributed by atoms with Gasteiger partial charge in [0.05, 0.1) is 20.0 Å². The average Bonchev–Trinajstić information content (AvgIpc) is 2.90. The Hall–Kier alpha value is -2.67. The van der Waals surface area contributed by atoms with E-state index in [9.17, 15) is 4.79 Å². The highest BCUT2D eigenvalue weighted by atomic mass is 35.5. The molecule has 3 rings (SSSR count). The van der Waals surface area contributed by atoms with Crippen LogP contribution >= 0.6 is 11.6 Å². The number of carbonyl (C=O) groups is 1. The van der Waals surface area contributed by atoms with E-state index >= 15 is 0 Å². The topological polar surface area (TPSA) is 95.9 Å². The molecule has 0 aliphatic carbocycles. The van der Waals surface area contributed by atoms with Crippen molar-refractivity contribution < 1.29 is 9.53 Å². The maximum Gasteiger partial charge on any atom is 0.223 e. The van der Waals surface area contributed by atoms with Crippen LogP contribution in [-0.4, -0.2) is 32.4 Å². The van der Waals surface area contributed by atoms with E-state index in [1.165, 1.54) is 6.92 Å². The number of fused-ring (bicyclic) bond motifs is 1. The van der Waals surface area contributed by atoms with E-state index in [1.54, 1.807) is 36.2 Å². The summed E-state index contributed by atoms with van der Waals surface area (Å²) in [6.45, 7) is 1.93. The molecule has 0 radical (unpaired) electrons. The highest BCUT2D eigenvalue weighted by Gasteiger charge is 2.13. The van der Waals surface area contributed by atoms with Gasteiger partial charge < -0.3 is 15.0 Å². The third-order valence-corrected chi connectivity index (χ3v) is 3.73. The predicted octanol–water partition coefficient (Wildman–Crippen LogP) is 2.32. The Labute approximate surface area is 137 Å². The number of Topliss-reactive ketones (excluding diaryl/α,β-unsaturated/α-hetero) is 1. The quantitative estimate of drug-likeness (QED) is 0.582. The zero-order valence-corrected chi connectivity index (χ0v) is 13.3. The number of carbonyl (C=O) groups excluding carboxylic acids is 1. The van der Waals surface area contributed by atoms with Gasteiger partial charge >= 0.3 is 0 Å². The van der Waals surface area contributed by atoms with Crippen LogP contribution in [0.5, 0.6) is 5.75 Å². The molecule has 23 heavy (non-hydrogen) atoms. The number of ether oxygens (including phenoxy) is 1. The van der Waals surface area contributed by atoms with Crippen LogP contribution in [0.2, 0.25) is 5.15 Å². The molecule has 0 unspecified atom stereocenters. The summed E-state index contributed by atoms with van der Waals surface area (Å²) in [7, 11) is 1.58. The first-order valence-corrected chi connectivity index (χ1v) is 7.19. The van der Waals surface area contributed by atoms with Gasteiger partial charge in [0.1, 0.15) is 11.3 Å². The molecule has 7 nitrogen and oxygen atoms in total. The first-order valence-electron chi connectivity index (χ1n) is 6.81. The number of nitrogens with two attached hydrogens (primary N) is 1. The summed E-state index contributed by atoms with van der Waals surface area (Å²) in [6, 6.07) is 5.29. The van der Waals surface area contributed by atoms with Crippen LogP contribution in [0.25, 0.3) is 11.2 Å². The van der Waals surface area contributed by atoms with Crippen LogP contribution in [0.1, 0.15) is 22.8 Å². The molecule has 0 fully saturated rings. The number of nitrogen functional groups attached to an aromatic ring is 1. The minimum Gasteiger partial charge on any atom is -0.496 e. The summed E-state index contributed by atoms with van der Waals surface area (Å²) >= 11 is 6.03. The lowest BCUT2D eigenvalue weighted by Crippen LogP contribution is -2.05. The first-order chi connectivity index (χ1) is 11.0. The number of benzene rings is 1. The van der Waals surface area contributed by atoms with Crippen molar-refractivity contribution in [3.63, 3.8) is 0 Å². The fourth-order valence-corrected chi connectivity index (χ4v) is 2.57. The van der Waals surface area contributed by atoms with Crippen molar-refractivity contribution in [3.05, 3.63) is 40.8 Å². The van der Waals surface area contributed by atoms with E-state index in [-0.39, 0.29) is 16.9 Å². The highest BCUT2D eigenvalue weighted by Crippen LogP contribution is 2.24. The van der Waals surface area contributed by atoms with Crippen molar-refractivity contribution in [2.24, 2.45) is 0 Å². The lowest BCUT2D eigenvalue weighted by Gasteiger charge is -2.11. The molecule has 0 aliphatic rings. The van der Waals surface area contributed by atoms with Gasteiger partial charge in [-0.15, -0.1) is 0 Å². The smallest absolute Gasteiger partial charge is 0.223 e. The summed E-state index contributed by atoms with van der Waals surface area (Å²) in [5, 5.41) is 0.204. The fraction of sp³-hybridized carbons (Fsp3) is 0.200. The minimum absolute atomic E-state index is 0.0148. The fourth-order valence-electron chi connectivity index (χ4n) is 2.35. The second-order valence-corrected chi connectivity index (χ2v) is 5.36. The van der Waals surface area contributed by atoms with E-state index in [0.29, 0.717) is 29.0 Å². The summed E-state index contributed by atoms with van der Waals surface area (Å²) in [5.74, 6) is 0.734. The molecule has 118 valence electrons. The van der Waals surface area contributed by atoms with Crippen LogP contribution in [0.15, 0.2) is 24.5 Å². The largest absolute Gasteiger partial charge is 0.496 e. The van der Waals surface area contributed by atoms with Crippen LogP contribution in [0.4, 0.5) is 5.95 Å². The molecule has 0 bridgehead atoms. The molecule has 2 aromatic heterocycles. The molecular weight excluding hydrogens is 318 g/mol. The van der Waals surface area contributed by atoms with Crippen molar-refractivity contribution in [2.75, 3.05) is 12.8 Å². The van der Waals surface area contributed by atoms with E-state index in [0.717, 1.165) is 5.56 Å². The number of nitrogens with zero attached hydrogens (tertiary/aromatic N) is 4. The van der Waals surface area contributed by atoms with Gasteiger partial charge in [0, 0.05) is 11.1 Å². The normalized spacial score (nSPS) is 10.9. The standard InChI is InChI=1S/C15H14ClN5O2/c1-8(22)9-3-4-11(23-2)10(5-9)6-21-7-18-12-13(16)19-15(17)20-14(12)21/h3-5,7H,6H2,1-2H3,(H2,17,19,20). The Morgan fingerprint density at radius 2 is 2.17 bits per heavy atom. The third kappa shape index (κ3) is 2.83. The molecule has 0 saturated heterocycles. The van der Waals surface area contributed by atoms with Crippen LogP contribution in [0, 0.1) is 0 Å². The zero-order valence-electron chi connectivity index (χ0n) is 12.6. The maximum atomic E-state index is 11.6. The summed E-state index contributed by atoms with van der Waals surface area (Å²) in [6.07, 6.45) is 1.60. The predicted molar refractivity (Wildman–Crippen MR) is 86.8 cm³/mol. The van der Waals surface area contributed by atoms with Gasteiger partial charge in [-0.05, 0) is 25.1 Å². The number of halogens is 1. The SMILES string of the molecule is COc1ccc(C(C)=O)cc1Cn1cnc2c(Cl)nc(N)nc21. The third-order valence-electron chi connectivity index (χ3n) is 3.47. The van der Waals surface area contributed by atoms with Gasteiger partial charge in [0.25, 0.3) is 0 Å². The molecule has 2 N–H and O–H groups in total. The number of hydrogen-bond donors (Lipinski definition) is 1. The van der Waals surface area contributed by atoms with E-state index in [2.05, 4.69) is 15.0 Å². The zero-order chi connectivity index (χ0) is 16.6. The lowest BCUT2D eigenvalue weighted by molar-refractivity contribution is 0.101. The van der Waals surface area contributed by atoms with E-state index < -0.39 is 0 Å². The molecule has 2 heterocycles.